The first kappa shape index (κ1) is 20.3. The summed E-state index contributed by atoms with van der Waals surface area (Å²) in [6, 6.07) is 23.3. The van der Waals surface area contributed by atoms with E-state index < -0.39 is 6.04 Å². The summed E-state index contributed by atoms with van der Waals surface area (Å²) < 4.78 is 0. The van der Waals surface area contributed by atoms with Crippen molar-refractivity contribution in [1.29, 1.82) is 0 Å². The highest BCUT2D eigenvalue weighted by atomic mass is 35.5. The summed E-state index contributed by atoms with van der Waals surface area (Å²) in [6.45, 7) is 0. The van der Waals surface area contributed by atoms with E-state index in [0.717, 1.165) is 43.5 Å². The van der Waals surface area contributed by atoms with Crippen LogP contribution in [0.2, 0.25) is 5.02 Å². The highest BCUT2D eigenvalue weighted by molar-refractivity contribution is 8.13. The normalized spacial score (nSPS) is 17.1. The lowest BCUT2D eigenvalue weighted by molar-refractivity contribution is -0.119. The van der Waals surface area contributed by atoms with Crippen molar-refractivity contribution in [2.75, 3.05) is 0 Å². The molecule has 0 fully saturated rings. The van der Waals surface area contributed by atoms with Crippen LogP contribution in [0.5, 0.6) is 0 Å². The molecule has 33 heavy (non-hydrogen) atoms. The summed E-state index contributed by atoms with van der Waals surface area (Å²) in [4.78, 5) is 27.9. The van der Waals surface area contributed by atoms with E-state index in [9.17, 15) is 4.79 Å². The van der Waals surface area contributed by atoms with Gasteiger partial charge in [-0.1, -0.05) is 71.9 Å². The summed E-state index contributed by atoms with van der Waals surface area (Å²) in [7, 11) is 0. The molecule has 3 aromatic carbocycles. The molecule has 0 saturated carbocycles. The number of carbonyl (C=O) groups excluding carboxylic acids is 1. The zero-order chi connectivity index (χ0) is 22.4. The van der Waals surface area contributed by atoms with E-state index in [4.69, 9.17) is 16.6 Å². The molecule has 5 nitrogen and oxygen atoms in total. The van der Waals surface area contributed by atoms with Gasteiger partial charge in [0, 0.05) is 39.9 Å². The van der Waals surface area contributed by atoms with Crippen LogP contribution in [0.1, 0.15) is 16.7 Å². The molecule has 4 aromatic rings. The summed E-state index contributed by atoms with van der Waals surface area (Å²) in [5.74, 6) is 1.19. The third-order valence-corrected chi connectivity index (χ3v) is 7.38. The van der Waals surface area contributed by atoms with Gasteiger partial charge in [0.05, 0.1) is 5.69 Å². The van der Waals surface area contributed by atoms with E-state index in [-0.39, 0.29) is 5.91 Å². The van der Waals surface area contributed by atoms with Crippen molar-refractivity contribution in [2.24, 2.45) is 9.98 Å². The van der Waals surface area contributed by atoms with Gasteiger partial charge in [-0.3, -0.25) is 9.69 Å². The molecule has 0 spiro atoms. The van der Waals surface area contributed by atoms with Crippen LogP contribution >= 0.6 is 23.4 Å². The molecular formula is C26H19ClN4OS. The van der Waals surface area contributed by atoms with Crippen molar-refractivity contribution in [3.63, 3.8) is 0 Å². The lowest BCUT2D eigenvalue weighted by Crippen LogP contribution is -2.44. The largest absolute Gasteiger partial charge is 0.361 e. The number of aliphatic imine (C=N–C) groups is 2. The first-order chi connectivity index (χ1) is 16.2. The van der Waals surface area contributed by atoms with Crippen molar-refractivity contribution in [3.05, 3.63) is 101 Å². The number of nitrogens with one attached hydrogen (secondary N) is 1. The van der Waals surface area contributed by atoms with Crippen molar-refractivity contribution in [1.82, 2.24) is 9.88 Å². The van der Waals surface area contributed by atoms with Crippen LogP contribution < -0.4 is 0 Å². The maximum Gasteiger partial charge on any atom is 0.271 e. The van der Waals surface area contributed by atoms with Gasteiger partial charge in [-0.25, -0.2) is 4.99 Å². The minimum absolute atomic E-state index is 0.141. The molecule has 1 aromatic heterocycles. The number of thioether (sulfide) groups is 1. The highest BCUT2D eigenvalue weighted by Gasteiger charge is 2.42. The van der Waals surface area contributed by atoms with Gasteiger partial charge >= 0.3 is 0 Å². The monoisotopic (exact) mass is 470 g/mol. The maximum atomic E-state index is 13.2. The Balaban J connectivity index is 1.37. The Morgan fingerprint density at radius 3 is 2.64 bits per heavy atom. The predicted octanol–water partition coefficient (Wildman–Crippen LogP) is 5.96. The fourth-order valence-corrected chi connectivity index (χ4v) is 5.70. The first-order valence-electron chi connectivity index (χ1n) is 10.7. The summed E-state index contributed by atoms with van der Waals surface area (Å²) in [6.07, 6.45) is 2.53. The van der Waals surface area contributed by atoms with E-state index in [1.165, 1.54) is 0 Å². The van der Waals surface area contributed by atoms with E-state index in [1.54, 1.807) is 11.8 Å². The van der Waals surface area contributed by atoms with Gasteiger partial charge < -0.3 is 4.98 Å². The van der Waals surface area contributed by atoms with Crippen molar-refractivity contribution in [2.45, 2.75) is 18.2 Å². The average Bonchev–Trinajstić information content (AvgIpc) is 3.40. The Hall–Kier alpha value is -3.35. The number of aromatic nitrogens is 1. The number of benzene rings is 3. The lowest BCUT2D eigenvalue weighted by Gasteiger charge is -2.31. The van der Waals surface area contributed by atoms with E-state index in [2.05, 4.69) is 16.0 Å². The summed E-state index contributed by atoms with van der Waals surface area (Å²) in [5, 5.41) is 2.62. The molecule has 0 aliphatic carbocycles. The van der Waals surface area contributed by atoms with Crippen LogP contribution in [-0.2, 0) is 17.0 Å². The van der Waals surface area contributed by atoms with Gasteiger partial charge in [0.25, 0.3) is 5.91 Å². The number of amides is 1. The number of carbonyl (C=O) groups is 1. The van der Waals surface area contributed by atoms with Crippen LogP contribution in [0.4, 0.5) is 5.69 Å². The van der Waals surface area contributed by atoms with Gasteiger partial charge in [0.2, 0.25) is 0 Å². The van der Waals surface area contributed by atoms with Gasteiger partial charge in [-0.2, -0.15) is 4.99 Å². The predicted molar refractivity (Wildman–Crippen MR) is 135 cm³/mol. The number of para-hydroxylation sites is 2. The fraction of sp³-hybridized carbons (Fsp3) is 0.115. The Labute approximate surface area is 200 Å². The lowest BCUT2D eigenvalue weighted by atomic mass is 10.0. The molecule has 7 heteroatoms. The Morgan fingerprint density at radius 1 is 0.939 bits per heavy atom. The van der Waals surface area contributed by atoms with Gasteiger partial charge in [-0.05, 0) is 35.4 Å². The zero-order valence-corrected chi connectivity index (χ0v) is 19.1. The molecule has 162 valence electrons. The fourth-order valence-electron chi connectivity index (χ4n) is 4.37. The molecular weight excluding hydrogens is 452 g/mol. The highest BCUT2D eigenvalue weighted by Crippen LogP contribution is 2.36. The Kier molecular flexibility index (Phi) is 5.04. The number of hydrogen-bond donors (Lipinski definition) is 1. The molecule has 0 radical (unpaired) electrons. The summed E-state index contributed by atoms with van der Waals surface area (Å²) in [5.41, 5.74) is 4.90. The molecule has 2 aliphatic rings. The molecule has 0 saturated heterocycles. The number of H-pyrrole nitrogens is 1. The molecule has 6 rings (SSSR count). The zero-order valence-electron chi connectivity index (χ0n) is 17.5. The van der Waals surface area contributed by atoms with Gasteiger partial charge in [-0.15, -0.1) is 0 Å². The van der Waals surface area contributed by atoms with Crippen LogP contribution in [0, 0.1) is 0 Å². The van der Waals surface area contributed by atoms with Crippen LogP contribution in [0.15, 0.2) is 89.0 Å². The van der Waals surface area contributed by atoms with E-state index in [0.29, 0.717) is 18.0 Å². The quantitative estimate of drug-likeness (QED) is 0.400. The smallest absolute Gasteiger partial charge is 0.271 e. The van der Waals surface area contributed by atoms with Crippen LogP contribution in [0.3, 0.4) is 0 Å². The molecule has 1 unspecified atom stereocenters. The number of nitrogens with zero attached hydrogens (tertiary/aromatic N) is 3. The third-order valence-electron chi connectivity index (χ3n) is 6.01. The van der Waals surface area contributed by atoms with E-state index in [1.807, 2.05) is 77.8 Å². The second-order valence-electron chi connectivity index (χ2n) is 8.01. The molecule has 0 bridgehead atoms. The topological polar surface area (TPSA) is 60.8 Å². The molecule has 1 N–H and O–H groups in total. The summed E-state index contributed by atoms with van der Waals surface area (Å²) >= 11 is 7.97. The van der Waals surface area contributed by atoms with Crippen LogP contribution in [0.25, 0.3) is 10.9 Å². The number of rotatable bonds is 4. The first-order valence-corrected chi connectivity index (χ1v) is 12.1. The number of halogens is 1. The minimum atomic E-state index is -0.440. The molecule has 3 heterocycles. The van der Waals surface area contributed by atoms with Crippen molar-refractivity contribution < 1.29 is 4.79 Å². The van der Waals surface area contributed by atoms with Crippen molar-refractivity contribution in [3.8, 4) is 0 Å². The second-order valence-corrected chi connectivity index (χ2v) is 9.36. The maximum absolute atomic E-state index is 13.2. The number of fused-ring (bicyclic) bond motifs is 4. The van der Waals surface area contributed by atoms with Crippen molar-refractivity contribution >= 4 is 56.9 Å². The molecule has 2 aliphatic heterocycles. The minimum Gasteiger partial charge on any atom is -0.361 e. The Bertz CT molecular complexity index is 1460. The number of amidine groups is 2. The molecule has 1 amide bonds. The average molecular weight is 471 g/mol. The number of hydrogen-bond acceptors (Lipinski definition) is 4. The SMILES string of the molecule is O=C1N=C2c3ccccc3N=C(SCc3ccccc3Cl)N2C1Cc1c[nH]c2ccccc12. The van der Waals surface area contributed by atoms with Gasteiger partial charge in [0.15, 0.2) is 5.17 Å². The molecule has 1 atom stereocenters. The van der Waals surface area contributed by atoms with E-state index >= 15 is 0 Å². The standard InChI is InChI=1S/C26H19ClN4OS/c27-20-10-4-1-7-16(20)15-33-26-29-22-12-6-3-9-19(22)24-30-25(32)23(31(24)26)13-17-14-28-21-11-5-2-8-18(17)21/h1-12,14,23,28H,13,15H2. The van der Waals surface area contributed by atoms with Gasteiger partial charge in [0.1, 0.15) is 11.9 Å². The Morgan fingerprint density at radius 2 is 1.73 bits per heavy atom. The number of aromatic amines is 1. The third kappa shape index (κ3) is 3.56. The second kappa shape index (κ2) is 8.21. The van der Waals surface area contributed by atoms with Crippen LogP contribution in [-0.4, -0.2) is 32.8 Å².